The van der Waals surface area contributed by atoms with Gasteiger partial charge in [-0.2, -0.15) is 0 Å². The summed E-state index contributed by atoms with van der Waals surface area (Å²) in [5, 5.41) is 7.65. The smallest absolute Gasteiger partial charge is 0.0547 e. The third-order valence-corrected chi connectivity index (χ3v) is 6.30. The average Bonchev–Trinajstić information content (AvgIpc) is 3.34. The van der Waals surface area contributed by atoms with Crippen LogP contribution in [0.2, 0.25) is 0 Å². The summed E-state index contributed by atoms with van der Waals surface area (Å²) in [5.41, 5.74) is 6.07. The number of H-pyrrole nitrogens is 1. The number of hydrogen-bond acceptors (Lipinski definition) is 0. The Bertz CT molecular complexity index is 1730. The maximum Gasteiger partial charge on any atom is 0.0547 e. The van der Waals surface area contributed by atoms with Crippen LogP contribution in [-0.4, -0.2) is 9.55 Å². The maximum absolute atomic E-state index is 3.67. The van der Waals surface area contributed by atoms with Crippen LogP contribution >= 0.6 is 0 Å². The Morgan fingerprint density at radius 2 is 1.27 bits per heavy atom. The van der Waals surface area contributed by atoms with Crippen LogP contribution in [0.25, 0.3) is 60.1 Å². The molecule has 0 bridgehead atoms. The summed E-state index contributed by atoms with van der Waals surface area (Å²) in [5.74, 6) is 0. The molecular formula is C28H18N2. The van der Waals surface area contributed by atoms with Gasteiger partial charge in [-0.15, -0.1) is 0 Å². The minimum absolute atomic E-state index is 1.19. The summed E-state index contributed by atoms with van der Waals surface area (Å²) < 4.78 is 2.37. The van der Waals surface area contributed by atoms with E-state index in [-0.39, 0.29) is 0 Å². The van der Waals surface area contributed by atoms with Crippen molar-refractivity contribution in [2.45, 2.75) is 0 Å². The molecule has 140 valence electrons. The lowest BCUT2D eigenvalue weighted by atomic mass is 10.0. The van der Waals surface area contributed by atoms with Crippen molar-refractivity contribution in [3.05, 3.63) is 103 Å². The van der Waals surface area contributed by atoms with E-state index in [2.05, 4.69) is 113 Å². The van der Waals surface area contributed by atoms with Crippen molar-refractivity contribution in [2.24, 2.45) is 0 Å². The molecule has 0 aliphatic rings. The van der Waals surface area contributed by atoms with Gasteiger partial charge in [0.05, 0.1) is 16.6 Å². The fraction of sp³-hybridized carbons (Fsp3) is 0. The van der Waals surface area contributed by atoms with Gasteiger partial charge >= 0.3 is 0 Å². The van der Waals surface area contributed by atoms with E-state index >= 15 is 0 Å². The molecule has 0 radical (unpaired) electrons. The molecule has 0 aliphatic heterocycles. The lowest BCUT2D eigenvalue weighted by Crippen LogP contribution is -1.92. The number of hydrogen-bond donors (Lipinski definition) is 1. The van der Waals surface area contributed by atoms with Gasteiger partial charge in [0.1, 0.15) is 0 Å². The van der Waals surface area contributed by atoms with Crippen LogP contribution in [0.4, 0.5) is 0 Å². The first-order chi connectivity index (χ1) is 14.9. The molecule has 5 aromatic carbocycles. The van der Waals surface area contributed by atoms with Crippen LogP contribution < -0.4 is 0 Å². The standard InChI is InChI=1S/C28H18N2/c1-2-8-19(9-3-1)30-26-13-7-5-11-21(26)24-17-23-18(16-27(24)30)14-15-22-20-10-4-6-12-25(20)29-28(22)23/h1-17,29H. The maximum atomic E-state index is 3.67. The van der Waals surface area contributed by atoms with Crippen LogP contribution in [0.5, 0.6) is 0 Å². The highest BCUT2D eigenvalue weighted by Crippen LogP contribution is 2.38. The van der Waals surface area contributed by atoms with E-state index in [0.717, 1.165) is 0 Å². The van der Waals surface area contributed by atoms with Gasteiger partial charge < -0.3 is 9.55 Å². The molecule has 0 unspecified atom stereocenters. The summed E-state index contributed by atoms with van der Waals surface area (Å²) in [7, 11) is 0. The van der Waals surface area contributed by atoms with Crippen LogP contribution in [0, 0.1) is 0 Å². The van der Waals surface area contributed by atoms with Gasteiger partial charge in [-0.1, -0.05) is 66.7 Å². The quantitative estimate of drug-likeness (QED) is 0.302. The summed E-state index contributed by atoms with van der Waals surface area (Å²) in [6, 6.07) is 37.1. The summed E-state index contributed by atoms with van der Waals surface area (Å²) in [4.78, 5) is 3.67. The minimum atomic E-state index is 1.19. The third kappa shape index (κ3) is 2.03. The van der Waals surface area contributed by atoms with Crippen LogP contribution in [0.1, 0.15) is 0 Å². The number of para-hydroxylation sites is 3. The Labute approximate surface area is 173 Å². The van der Waals surface area contributed by atoms with E-state index < -0.39 is 0 Å². The highest BCUT2D eigenvalue weighted by molar-refractivity contribution is 6.21. The third-order valence-electron chi connectivity index (χ3n) is 6.30. The molecule has 2 nitrogen and oxygen atoms in total. The average molecular weight is 382 g/mol. The fourth-order valence-corrected chi connectivity index (χ4v) is 4.96. The monoisotopic (exact) mass is 382 g/mol. The number of benzene rings is 5. The van der Waals surface area contributed by atoms with Gasteiger partial charge in [0, 0.05) is 38.1 Å². The molecule has 0 amide bonds. The highest BCUT2D eigenvalue weighted by Gasteiger charge is 2.15. The molecule has 2 aromatic heterocycles. The largest absolute Gasteiger partial charge is 0.354 e. The first kappa shape index (κ1) is 15.8. The Kier molecular flexibility index (Phi) is 3.03. The van der Waals surface area contributed by atoms with Gasteiger partial charge in [-0.25, -0.2) is 0 Å². The van der Waals surface area contributed by atoms with Crippen LogP contribution in [0.3, 0.4) is 0 Å². The van der Waals surface area contributed by atoms with Gasteiger partial charge in [0.25, 0.3) is 0 Å². The molecule has 2 heterocycles. The van der Waals surface area contributed by atoms with Gasteiger partial charge in [-0.3, -0.25) is 0 Å². The molecule has 7 rings (SSSR count). The molecule has 0 aliphatic carbocycles. The zero-order valence-corrected chi connectivity index (χ0v) is 16.3. The molecule has 0 fully saturated rings. The Balaban J connectivity index is 1.69. The first-order valence-electron chi connectivity index (χ1n) is 10.3. The van der Waals surface area contributed by atoms with Crippen molar-refractivity contribution in [3.63, 3.8) is 0 Å². The normalized spacial score (nSPS) is 12.0. The summed E-state index contributed by atoms with van der Waals surface area (Å²) in [6.07, 6.45) is 0. The van der Waals surface area contributed by atoms with Crippen molar-refractivity contribution in [1.82, 2.24) is 9.55 Å². The van der Waals surface area contributed by atoms with E-state index in [0.29, 0.717) is 0 Å². The van der Waals surface area contributed by atoms with Crippen molar-refractivity contribution < 1.29 is 0 Å². The highest BCUT2D eigenvalue weighted by atomic mass is 15.0. The van der Waals surface area contributed by atoms with E-state index in [9.17, 15) is 0 Å². The zero-order valence-electron chi connectivity index (χ0n) is 16.3. The van der Waals surface area contributed by atoms with E-state index in [1.54, 1.807) is 0 Å². The van der Waals surface area contributed by atoms with Gasteiger partial charge in [0.2, 0.25) is 0 Å². The number of rotatable bonds is 1. The molecule has 0 saturated heterocycles. The summed E-state index contributed by atoms with van der Waals surface area (Å²) in [6.45, 7) is 0. The second-order valence-corrected chi connectivity index (χ2v) is 7.94. The topological polar surface area (TPSA) is 20.7 Å². The second kappa shape index (κ2) is 5.74. The lowest BCUT2D eigenvalue weighted by Gasteiger charge is -2.08. The van der Waals surface area contributed by atoms with E-state index in [4.69, 9.17) is 0 Å². The Morgan fingerprint density at radius 3 is 2.17 bits per heavy atom. The van der Waals surface area contributed by atoms with Gasteiger partial charge in [0.15, 0.2) is 0 Å². The number of nitrogens with one attached hydrogen (secondary N) is 1. The number of nitrogens with zero attached hydrogens (tertiary/aromatic N) is 1. The predicted molar refractivity (Wildman–Crippen MR) is 128 cm³/mol. The van der Waals surface area contributed by atoms with Crippen LogP contribution in [0.15, 0.2) is 103 Å². The number of aromatic amines is 1. The van der Waals surface area contributed by atoms with E-state index in [1.165, 1.54) is 60.1 Å². The van der Waals surface area contributed by atoms with Crippen molar-refractivity contribution in [2.75, 3.05) is 0 Å². The second-order valence-electron chi connectivity index (χ2n) is 7.94. The van der Waals surface area contributed by atoms with Crippen molar-refractivity contribution in [1.29, 1.82) is 0 Å². The van der Waals surface area contributed by atoms with Gasteiger partial charge in [-0.05, 0) is 41.8 Å². The minimum Gasteiger partial charge on any atom is -0.354 e. The zero-order chi connectivity index (χ0) is 19.7. The molecule has 2 heteroatoms. The number of aromatic nitrogens is 2. The lowest BCUT2D eigenvalue weighted by molar-refractivity contribution is 1.18. The fourth-order valence-electron chi connectivity index (χ4n) is 4.96. The first-order valence-corrected chi connectivity index (χ1v) is 10.3. The molecular weight excluding hydrogens is 364 g/mol. The van der Waals surface area contributed by atoms with Crippen molar-refractivity contribution >= 4 is 54.4 Å². The molecule has 0 saturated carbocycles. The Morgan fingerprint density at radius 1 is 0.500 bits per heavy atom. The Hall–Kier alpha value is -4.04. The molecule has 0 atom stereocenters. The predicted octanol–water partition coefficient (Wildman–Crippen LogP) is 7.57. The molecule has 7 aromatic rings. The summed E-state index contributed by atoms with van der Waals surface area (Å²) >= 11 is 0. The van der Waals surface area contributed by atoms with Crippen molar-refractivity contribution in [3.8, 4) is 5.69 Å². The molecule has 1 N–H and O–H groups in total. The molecule has 30 heavy (non-hydrogen) atoms. The van der Waals surface area contributed by atoms with Crippen LogP contribution in [-0.2, 0) is 0 Å². The SMILES string of the molecule is c1ccc(-n2c3ccccc3c3cc4c(ccc5c6ccccc6[nH]c45)cc32)cc1. The molecule has 0 spiro atoms. The van der Waals surface area contributed by atoms with E-state index in [1.807, 2.05) is 0 Å². The number of fused-ring (bicyclic) bond motifs is 8.